The lowest BCUT2D eigenvalue weighted by molar-refractivity contribution is -0.173. The summed E-state index contributed by atoms with van der Waals surface area (Å²) in [5, 5.41) is 3.90. The molecule has 1 aromatic heterocycles. The normalized spacial score (nSPS) is 11.4. The van der Waals surface area contributed by atoms with Gasteiger partial charge in [0.25, 0.3) is 0 Å². The Kier molecular flexibility index (Phi) is 3.10. The van der Waals surface area contributed by atoms with E-state index in [1.807, 2.05) is 0 Å². The average molecular weight is 224 g/mol. The van der Waals surface area contributed by atoms with Crippen molar-refractivity contribution in [1.82, 2.24) is 10.3 Å². The second-order valence-electron chi connectivity index (χ2n) is 2.56. The smallest absolute Gasteiger partial charge is 0.342 e. The van der Waals surface area contributed by atoms with Gasteiger partial charge in [-0.15, -0.1) is 11.3 Å². The van der Waals surface area contributed by atoms with Gasteiger partial charge in [-0.1, -0.05) is 0 Å². The minimum absolute atomic E-state index is 0.184. The van der Waals surface area contributed by atoms with Crippen LogP contribution in [0.1, 0.15) is 10.7 Å². The molecule has 0 aliphatic rings. The van der Waals surface area contributed by atoms with Crippen molar-refractivity contribution in [1.29, 1.82) is 0 Å². The molecule has 0 saturated heterocycles. The minimum atomic E-state index is -4.83. The first-order chi connectivity index (χ1) is 6.39. The molecule has 7 heteroatoms. The molecule has 0 fully saturated rings. The Hall–Kier alpha value is -1.11. The predicted octanol–water partition coefficient (Wildman–Crippen LogP) is 1.63. The Morgan fingerprint density at radius 1 is 1.64 bits per heavy atom. The lowest BCUT2D eigenvalue weighted by Crippen LogP contribution is -2.36. The second kappa shape index (κ2) is 3.95. The highest BCUT2D eigenvalue weighted by atomic mass is 32.1. The van der Waals surface area contributed by atoms with E-state index < -0.39 is 12.1 Å². The molecular weight excluding hydrogens is 217 g/mol. The third-order valence-electron chi connectivity index (χ3n) is 1.32. The van der Waals surface area contributed by atoms with Crippen molar-refractivity contribution in [2.75, 3.05) is 0 Å². The molecule has 0 bridgehead atoms. The van der Waals surface area contributed by atoms with Gasteiger partial charge in [-0.2, -0.15) is 13.2 Å². The highest BCUT2D eigenvalue weighted by Gasteiger charge is 2.38. The van der Waals surface area contributed by atoms with E-state index in [2.05, 4.69) is 4.98 Å². The average Bonchev–Trinajstić information content (AvgIpc) is 2.45. The third kappa shape index (κ3) is 2.99. The van der Waals surface area contributed by atoms with Gasteiger partial charge in [0.2, 0.25) is 0 Å². The Bertz CT molecular complexity index is 334. The Morgan fingerprint density at radius 3 is 2.71 bits per heavy atom. The molecule has 0 radical (unpaired) electrons. The van der Waals surface area contributed by atoms with Crippen LogP contribution in [0.5, 0.6) is 0 Å². The summed E-state index contributed by atoms with van der Waals surface area (Å²) in [6, 6.07) is 0. The van der Waals surface area contributed by atoms with E-state index in [-0.39, 0.29) is 6.54 Å². The van der Waals surface area contributed by atoms with Crippen LogP contribution in [-0.2, 0) is 11.3 Å². The van der Waals surface area contributed by atoms with Gasteiger partial charge in [0.15, 0.2) is 0 Å². The number of hydrogen-bond donors (Lipinski definition) is 1. The minimum Gasteiger partial charge on any atom is -0.342 e. The number of thiazole rings is 1. The summed E-state index contributed by atoms with van der Waals surface area (Å²) in [4.78, 5) is 14.3. The number of nitrogens with zero attached hydrogens (tertiary/aromatic N) is 1. The fourth-order valence-corrected chi connectivity index (χ4v) is 1.45. The number of aryl methyl sites for hydroxylation is 1. The predicted molar refractivity (Wildman–Crippen MR) is 44.8 cm³/mol. The first-order valence-corrected chi connectivity index (χ1v) is 4.53. The van der Waals surface area contributed by atoms with E-state index in [9.17, 15) is 18.0 Å². The van der Waals surface area contributed by atoms with Gasteiger partial charge in [0.05, 0.1) is 6.54 Å². The fraction of sp³-hybridized carbons (Fsp3) is 0.429. The summed E-state index contributed by atoms with van der Waals surface area (Å²) in [5.74, 6) is -1.94. The van der Waals surface area contributed by atoms with Crippen molar-refractivity contribution in [3.63, 3.8) is 0 Å². The molecule has 0 aromatic carbocycles. The zero-order valence-corrected chi connectivity index (χ0v) is 8.00. The molecule has 1 amide bonds. The summed E-state index contributed by atoms with van der Waals surface area (Å²) in [6.07, 6.45) is -4.83. The summed E-state index contributed by atoms with van der Waals surface area (Å²) in [5.41, 5.74) is 0.728. The highest BCUT2D eigenvalue weighted by molar-refractivity contribution is 7.09. The number of amides is 1. The van der Waals surface area contributed by atoms with Crippen LogP contribution in [0, 0.1) is 6.92 Å². The van der Waals surface area contributed by atoms with Crippen molar-refractivity contribution in [2.24, 2.45) is 0 Å². The molecular formula is C7H7F3N2OS. The van der Waals surface area contributed by atoms with Crippen LogP contribution in [0.25, 0.3) is 0 Å². The molecule has 0 aliphatic carbocycles. The second-order valence-corrected chi connectivity index (χ2v) is 3.51. The van der Waals surface area contributed by atoms with Crippen molar-refractivity contribution < 1.29 is 18.0 Å². The Labute approximate surface area is 82.0 Å². The highest BCUT2D eigenvalue weighted by Crippen LogP contribution is 2.15. The number of nitrogens with one attached hydrogen (secondary N) is 1. The van der Waals surface area contributed by atoms with E-state index >= 15 is 0 Å². The molecule has 1 heterocycles. The molecule has 0 saturated carbocycles. The molecule has 0 spiro atoms. The maximum atomic E-state index is 11.7. The van der Waals surface area contributed by atoms with Crippen LogP contribution >= 0.6 is 11.3 Å². The van der Waals surface area contributed by atoms with Gasteiger partial charge in [-0.3, -0.25) is 4.79 Å². The SMILES string of the molecule is Cc1csc(CNC(=O)C(F)(F)F)n1. The molecule has 0 atom stereocenters. The standard InChI is InChI=1S/C7H7F3N2OS/c1-4-3-14-5(12-4)2-11-6(13)7(8,9)10/h3H,2H2,1H3,(H,11,13). The van der Waals surface area contributed by atoms with Crippen molar-refractivity contribution in [3.05, 3.63) is 16.1 Å². The van der Waals surface area contributed by atoms with Crippen LogP contribution in [0.15, 0.2) is 5.38 Å². The van der Waals surface area contributed by atoms with Gasteiger partial charge in [0.1, 0.15) is 5.01 Å². The van der Waals surface area contributed by atoms with Gasteiger partial charge in [0, 0.05) is 11.1 Å². The Balaban J connectivity index is 2.46. The number of halogens is 3. The number of hydrogen-bond acceptors (Lipinski definition) is 3. The molecule has 78 valence electrons. The van der Waals surface area contributed by atoms with E-state index in [4.69, 9.17) is 0 Å². The van der Waals surface area contributed by atoms with Crippen LogP contribution in [0.2, 0.25) is 0 Å². The van der Waals surface area contributed by atoms with Crippen LogP contribution < -0.4 is 5.32 Å². The summed E-state index contributed by atoms with van der Waals surface area (Å²) >= 11 is 1.21. The first-order valence-electron chi connectivity index (χ1n) is 3.65. The summed E-state index contributed by atoms with van der Waals surface area (Å²) < 4.78 is 35.2. The van der Waals surface area contributed by atoms with Gasteiger partial charge >= 0.3 is 12.1 Å². The maximum absolute atomic E-state index is 11.7. The molecule has 1 aromatic rings. The molecule has 0 unspecified atom stereocenters. The van der Waals surface area contributed by atoms with E-state index in [1.54, 1.807) is 17.6 Å². The van der Waals surface area contributed by atoms with Gasteiger partial charge in [-0.05, 0) is 6.92 Å². The first kappa shape index (κ1) is 11.0. The maximum Gasteiger partial charge on any atom is 0.471 e. The topological polar surface area (TPSA) is 42.0 Å². The lowest BCUT2D eigenvalue weighted by atomic mass is 10.5. The van der Waals surface area contributed by atoms with E-state index in [0.29, 0.717) is 5.01 Å². The monoisotopic (exact) mass is 224 g/mol. The summed E-state index contributed by atoms with van der Waals surface area (Å²) in [7, 11) is 0. The van der Waals surface area contributed by atoms with E-state index in [1.165, 1.54) is 11.3 Å². The number of rotatable bonds is 2. The molecule has 3 nitrogen and oxygen atoms in total. The van der Waals surface area contributed by atoms with Crippen LogP contribution in [0.3, 0.4) is 0 Å². The molecule has 1 rings (SSSR count). The van der Waals surface area contributed by atoms with E-state index in [0.717, 1.165) is 5.69 Å². The fourth-order valence-electron chi connectivity index (χ4n) is 0.740. The van der Waals surface area contributed by atoms with Crippen molar-refractivity contribution in [3.8, 4) is 0 Å². The zero-order valence-electron chi connectivity index (χ0n) is 7.18. The third-order valence-corrected chi connectivity index (χ3v) is 2.29. The number of aromatic nitrogens is 1. The van der Waals surface area contributed by atoms with Crippen molar-refractivity contribution >= 4 is 17.2 Å². The van der Waals surface area contributed by atoms with Gasteiger partial charge in [-0.25, -0.2) is 4.98 Å². The number of carbonyl (C=O) groups is 1. The largest absolute Gasteiger partial charge is 0.471 e. The molecule has 14 heavy (non-hydrogen) atoms. The quantitative estimate of drug-likeness (QED) is 0.829. The van der Waals surface area contributed by atoms with Gasteiger partial charge < -0.3 is 5.32 Å². The van der Waals surface area contributed by atoms with Crippen molar-refractivity contribution in [2.45, 2.75) is 19.6 Å². The summed E-state index contributed by atoms with van der Waals surface area (Å²) in [6.45, 7) is 1.54. The Morgan fingerprint density at radius 2 is 2.29 bits per heavy atom. The number of alkyl halides is 3. The van der Waals surface area contributed by atoms with Crippen LogP contribution in [0.4, 0.5) is 13.2 Å². The molecule has 1 N–H and O–H groups in total. The lowest BCUT2D eigenvalue weighted by Gasteiger charge is -2.05. The zero-order chi connectivity index (χ0) is 10.8. The van der Waals surface area contributed by atoms with Crippen LogP contribution in [-0.4, -0.2) is 17.1 Å². The number of carbonyl (C=O) groups excluding carboxylic acids is 1. The molecule has 0 aliphatic heterocycles.